The first-order valence-corrected chi connectivity index (χ1v) is 12.1. The number of halogens is 1. The fourth-order valence-corrected chi connectivity index (χ4v) is 3.96. The molecule has 1 amide bonds. The summed E-state index contributed by atoms with van der Waals surface area (Å²) in [6, 6.07) is 12.7. The zero-order valence-corrected chi connectivity index (χ0v) is 20.8. The number of amides is 1. The van der Waals surface area contributed by atoms with Crippen LogP contribution < -0.4 is 10.3 Å². The van der Waals surface area contributed by atoms with Gasteiger partial charge in [0.1, 0.15) is 11.6 Å². The van der Waals surface area contributed by atoms with Crippen LogP contribution in [0.25, 0.3) is 10.9 Å². The van der Waals surface area contributed by atoms with Crippen molar-refractivity contribution in [3.05, 3.63) is 68.7 Å². The molecule has 9 heteroatoms. The molecule has 1 aliphatic rings. The first-order valence-electron chi connectivity index (χ1n) is 11.3. The molecule has 1 atom stereocenters. The van der Waals surface area contributed by atoms with Gasteiger partial charge in [-0.1, -0.05) is 29.8 Å². The largest absolute Gasteiger partial charge is 0.484 e. The van der Waals surface area contributed by atoms with Crippen LogP contribution in [0.5, 0.6) is 5.75 Å². The van der Waals surface area contributed by atoms with Crippen LogP contribution in [0.1, 0.15) is 37.6 Å². The highest BCUT2D eigenvalue weighted by Gasteiger charge is 2.17. The lowest BCUT2D eigenvalue weighted by Crippen LogP contribution is -2.42. The van der Waals surface area contributed by atoms with Gasteiger partial charge in [-0.2, -0.15) is 9.78 Å². The van der Waals surface area contributed by atoms with E-state index in [0.717, 1.165) is 16.5 Å². The van der Waals surface area contributed by atoms with Crippen LogP contribution in [0.3, 0.4) is 0 Å². The van der Waals surface area contributed by atoms with Crippen LogP contribution in [0.4, 0.5) is 0 Å². The minimum atomic E-state index is -0.209. The van der Waals surface area contributed by atoms with Crippen molar-refractivity contribution in [2.45, 2.75) is 26.2 Å². The van der Waals surface area contributed by atoms with E-state index in [0.29, 0.717) is 48.8 Å². The van der Waals surface area contributed by atoms with Crippen LogP contribution in [0, 0.1) is 0 Å². The fourth-order valence-electron chi connectivity index (χ4n) is 3.60. The second-order valence-electron chi connectivity index (χ2n) is 8.15. The maximum absolute atomic E-state index is 13.2. The Morgan fingerprint density at radius 1 is 1.24 bits per heavy atom. The summed E-state index contributed by atoms with van der Waals surface area (Å²) in [4.78, 5) is 31.9. The van der Waals surface area contributed by atoms with Crippen molar-refractivity contribution in [1.29, 1.82) is 0 Å². The van der Waals surface area contributed by atoms with Gasteiger partial charge < -0.3 is 14.4 Å². The number of hydrogen-bond acceptors (Lipinski definition) is 6. The summed E-state index contributed by atoms with van der Waals surface area (Å²) >= 11 is 3.42. The number of benzene rings is 2. The fraction of sp³-hybridized carbons (Fsp3) is 0.360. The van der Waals surface area contributed by atoms with Crippen LogP contribution in [-0.4, -0.2) is 59.6 Å². The molecule has 0 saturated carbocycles. The Balaban J connectivity index is 1.51. The number of fused-ring (bicyclic) bond motifs is 1. The van der Waals surface area contributed by atoms with Crippen molar-refractivity contribution in [3.8, 4) is 5.75 Å². The average molecular weight is 527 g/mol. The molecule has 4 rings (SSSR count). The predicted molar refractivity (Wildman–Crippen MR) is 135 cm³/mol. The number of aromatic nitrogens is 2. The third kappa shape index (κ3) is 5.53. The standard InChI is InChI=1S/C25H27BrN4O4/c1-3-17(2)24-28-22-9-6-19(26)14-21(22)25(32)30(24)27-15-18-4-7-20(8-5-18)34-16-23(31)29-10-12-33-13-11-29/h4-9,14-15,17H,3,10-13,16H2,1-2H3/t17-/m0/s1. The molecule has 0 bridgehead atoms. The van der Waals surface area contributed by atoms with Gasteiger partial charge in [-0.15, -0.1) is 0 Å². The molecule has 1 aliphatic heterocycles. The van der Waals surface area contributed by atoms with Gasteiger partial charge in [-0.3, -0.25) is 9.59 Å². The lowest BCUT2D eigenvalue weighted by atomic mass is 10.1. The van der Waals surface area contributed by atoms with Gasteiger partial charge in [0.25, 0.3) is 11.5 Å². The Labute approximate surface area is 206 Å². The molecule has 178 valence electrons. The molecule has 0 unspecified atom stereocenters. The van der Waals surface area contributed by atoms with E-state index in [1.165, 1.54) is 4.68 Å². The van der Waals surface area contributed by atoms with Crippen molar-refractivity contribution in [2.24, 2.45) is 5.10 Å². The topological polar surface area (TPSA) is 86.0 Å². The quantitative estimate of drug-likeness (QED) is 0.437. The zero-order valence-electron chi connectivity index (χ0n) is 19.2. The van der Waals surface area contributed by atoms with Crippen LogP contribution in [0.15, 0.2) is 56.8 Å². The minimum absolute atomic E-state index is 0.0145. The average Bonchev–Trinajstić information content (AvgIpc) is 2.87. The Bertz CT molecular complexity index is 1250. The van der Waals surface area contributed by atoms with E-state index in [9.17, 15) is 9.59 Å². The van der Waals surface area contributed by atoms with E-state index in [1.54, 1.807) is 29.3 Å². The van der Waals surface area contributed by atoms with Gasteiger partial charge >= 0.3 is 0 Å². The van der Waals surface area contributed by atoms with E-state index in [2.05, 4.69) is 28.0 Å². The van der Waals surface area contributed by atoms with Crippen molar-refractivity contribution >= 4 is 39.0 Å². The van der Waals surface area contributed by atoms with Crippen LogP contribution in [0.2, 0.25) is 0 Å². The molecule has 0 aliphatic carbocycles. The number of carbonyl (C=O) groups is 1. The van der Waals surface area contributed by atoms with E-state index in [-0.39, 0.29) is 24.0 Å². The van der Waals surface area contributed by atoms with Crippen molar-refractivity contribution in [2.75, 3.05) is 32.9 Å². The summed E-state index contributed by atoms with van der Waals surface area (Å²) in [6.07, 6.45) is 2.46. The van der Waals surface area contributed by atoms with E-state index < -0.39 is 0 Å². The van der Waals surface area contributed by atoms with Gasteiger partial charge in [0.15, 0.2) is 6.61 Å². The van der Waals surface area contributed by atoms with Crippen LogP contribution >= 0.6 is 15.9 Å². The van der Waals surface area contributed by atoms with Gasteiger partial charge in [-0.05, 0) is 54.4 Å². The molecule has 0 radical (unpaired) electrons. The molecule has 1 saturated heterocycles. The highest BCUT2D eigenvalue weighted by atomic mass is 79.9. The van der Waals surface area contributed by atoms with Crippen molar-refractivity contribution in [1.82, 2.24) is 14.6 Å². The summed E-state index contributed by atoms with van der Waals surface area (Å²) < 4.78 is 13.1. The second-order valence-corrected chi connectivity index (χ2v) is 9.07. The number of ether oxygens (including phenoxy) is 2. The second kappa shape index (κ2) is 10.9. The third-order valence-corrected chi connectivity index (χ3v) is 6.31. The molecule has 2 aromatic carbocycles. The van der Waals surface area contributed by atoms with E-state index in [1.807, 2.05) is 31.2 Å². The summed E-state index contributed by atoms with van der Waals surface area (Å²) in [5, 5.41) is 4.98. The lowest BCUT2D eigenvalue weighted by Gasteiger charge is -2.26. The van der Waals surface area contributed by atoms with E-state index in [4.69, 9.17) is 14.5 Å². The Kier molecular flexibility index (Phi) is 7.74. The molecular formula is C25H27BrN4O4. The summed E-state index contributed by atoms with van der Waals surface area (Å²) in [5.41, 5.74) is 1.24. The zero-order chi connectivity index (χ0) is 24.1. The molecular weight excluding hydrogens is 500 g/mol. The number of hydrogen-bond donors (Lipinski definition) is 0. The normalized spacial score (nSPS) is 15.1. The smallest absolute Gasteiger partial charge is 0.282 e. The Hall–Kier alpha value is -3.04. The molecule has 0 spiro atoms. The molecule has 0 N–H and O–H groups in total. The maximum atomic E-state index is 13.2. The molecule has 3 aromatic rings. The lowest BCUT2D eigenvalue weighted by molar-refractivity contribution is -0.137. The number of morpholine rings is 1. The predicted octanol–water partition coefficient (Wildman–Crippen LogP) is 3.79. The highest BCUT2D eigenvalue weighted by Crippen LogP contribution is 2.21. The van der Waals surface area contributed by atoms with Gasteiger partial charge in [0.2, 0.25) is 0 Å². The molecule has 1 aromatic heterocycles. The first-order chi connectivity index (χ1) is 16.5. The van der Waals surface area contributed by atoms with Gasteiger partial charge in [0.05, 0.1) is 30.3 Å². The Morgan fingerprint density at radius 3 is 2.68 bits per heavy atom. The summed E-state index contributed by atoms with van der Waals surface area (Å²) in [5.74, 6) is 1.23. The highest BCUT2D eigenvalue weighted by molar-refractivity contribution is 9.10. The molecule has 2 heterocycles. The number of rotatable bonds is 7. The molecule has 1 fully saturated rings. The molecule has 8 nitrogen and oxygen atoms in total. The Morgan fingerprint density at radius 2 is 1.97 bits per heavy atom. The third-order valence-electron chi connectivity index (χ3n) is 5.82. The number of nitrogens with zero attached hydrogens (tertiary/aromatic N) is 4. The summed E-state index contributed by atoms with van der Waals surface area (Å²) in [7, 11) is 0. The monoisotopic (exact) mass is 526 g/mol. The van der Waals surface area contributed by atoms with Crippen LogP contribution in [-0.2, 0) is 9.53 Å². The molecule has 34 heavy (non-hydrogen) atoms. The van der Waals surface area contributed by atoms with E-state index >= 15 is 0 Å². The first kappa shape index (κ1) is 24.1. The summed E-state index contributed by atoms with van der Waals surface area (Å²) in [6.45, 7) is 6.38. The van der Waals surface area contributed by atoms with Gasteiger partial charge in [0, 0.05) is 23.5 Å². The minimum Gasteiger partial charge on any atom is -0.484 e. The van der Waals surface area contributed by atoms with Crippen molar-refractivity contribution < 1.29 is 14.3 Å². The number of carbonyl (C=O) groups excluding carboxylic acids is 1. The van der Waals surface area contributed by atoms with Gasteiger partial charge in [-0.25, -0.2) is 4.98 Å². The SMILES string of the molecule is CC[C@H](C)c1nc2ccc(Br)cc2c(=O)n1N=Cc1ccc(OCC(=O)N2CCOCC2)cc1. The maximum Gasteiger partial charge on any atom is 0.282 e. The van der Waals surface area contributed by atoms with Crippen molar-refractivity contribution in [3.63, 3.8) is 0 Å².